The lowest BCUT2D eigenvalue weighted by Gasteiger charge is -2.04. The van der Waals surface area contributed by atoms with Crippen molar-refractivity contribution in [2.45, 2.75) is 0 Å². The summed E-state index contributed by atoms with van der Waals surface area (Å²) >= 11 is 6.66. The van der Waals surface area contributed by atoms with Crippen LogP contribution in [0.4, 0.5) is 10.1 Å². The number of hydrogen-bond donors (Lipinski definition) is 1. The first-order valence-electron chi connectivity index (χ1n) is 7.19. The van der Waals surface area contributed by atoms with Crippen molar-refractivity contribution in [3.8, 4) is 11.6 Å². The van der Waals surface area contributed by atoms with Crippen LogP contribution in [0, 0.1) is 9.77 Å². The molecule has 1 aromatic heterocycles. The van der Waals surface area contributed by atoms with Crippen molar-refractivity contribution in [3.05, 3.63) is 68.7 Å². The van der Waals surface area contributed by atoms with Crippen LogP contribution in [0.1, 0.15) is 10.4 Å². The van der Waals surface area contributed by atoms with Crippen molar-refractivity contribution in [1.29, 1.82) is 0 Å². The van der Waals surface area contributed by atoms with Crippen molar-refractivity contribution in [3.63, 3.8) is 0 Å². The highest BCUT2D eigenvalue weighted by atomic mass is 32.1. The van der Waals surface area contributed by atoms with Crippen LogP contribution in [0.5, 0.6) is 5.88 Å². The SMILES string of the molecule is Oc1c(/C=C2\C=Nc3ccccc32)sc(=S)n1-c1ccc(F)cc1. The molecule has 0 amide bonds. The number of thiazole rings is 1. The van der Waals surface area contributed by atoms with E-state index >= 15 is 0 Å². The molecular weight excluding hydrogens is 343 g/mol. The van der Waals surface area contributed by atoms with Crippen molar-refractivity contribution >= 4 is 47.1 Å². The molecule has 1 N–H and O–H groups in total. The zero-order valence-electron chi connectivity index (χ0n) is 12.3. The number of allylic oxidation sites excluding steroid dienone is 1. The van der Waals surface area contributed by atoms with Crippen LogP contribution in [0.2, 0.25) is 0 Å². The molecule has 2 heterocycles. The lowest BCUT2D eigenvalue weighted by atomic mass is 10.1. The molecule has 6 heteroatoms. The summed E-state index contributed by atoms with van der Waals surface area (Å²) in [6, 6.07) is 13.7. The van der Waals surface area contributed by atoms with Gasteiger partial charge in [0.2, 0.25) is 5.88 Å². The lowest BCUT2D eigenvalue weighted by Crippen LogP contribution is -1.93. The highest BCUT2D eigenvalue weighted by Crippen LogP contribution is 2.36. The third kappa shape index (κ3) is 2.50. The van der Waals surface area contributed by atoms with Gasteiger partial charge in [-0.05, 0) is 48.6 Å². The van der Waals surface area contributed by atoms with Crippen LogP contribution in [0.15, 0.2) is 53.5 Å². The molecule has 0 aliphatic carbocycles. The van der Waals surface area contributed by atoms with Crippen LogP contribution < -0.4 is 0 Å². The number of para-hydroxylation sites is 1. The van der Waals surface area contributed by atoms with E-state index in [1.54, 1.807) is 18.3 Å². The van der Waals surface area contributed by atoms with E-state index in [0.29, 0.717) is 14.5 Å². The number of aliphatic imine (C=N–C) groups is 1. The molecule has 3 nitrogen and oxygen atoms in total. The summed E-state index contributed by atoms with van der Waals surface area (Å²) in [6.07, 6.45) is 3.64. The Morgan fingerprint density at radius 3 is 2.67 bits per heavy atom. The summed E-state index contributed by atoms with van der Waals surface area (Å²) in [7, 11) is 0. The molecule has 0 spiro atoms. The number of aromatic nitrogens is 1. The topological polar surface area (TPSA) is 37.5 Å². The highest BCUT2D eigenvalue weighted by molar-refractivity contribution is 7.73. The van der Waals surface area contributed by atoms with Crippen molar-refractivity contribution in [1.82, 2.24) is 4.57 Å². The summed E-state index contributed by atoms with van der Waals surface area (Å²) in [5.41, 5.74) is 3.47. The summed E-state index contributed by atoms with van der Waals surface area (Å²) in [5.74, 6) is -0.289. The normalized spacial score (nSPS) is 14.3. The van der Waals surface area contributed by atoms with Crippen molar-refractivity contribution in [2.75, 3.05) is 0 Å². The van der Waals surface area contributed by atoms with E-state index in [1.165, 1.54) is 28.0 Å². The summed E-state index contributed by atoms with van der Waals surface area (Å²) in [4.78, 5) is 5.00. The molecule has 2 aromatic carbocycles. The molecule has 1 aliphatic heterocycles. The Labute approximate surface area is 146 Å². The second-order valence-electron chi connectivity index (χ2n) is 5.24. The van der Waals surface area contributed by atoms with Gasteiger partial charge in [-0.3, -0.25) is 9.56 Å². The van der Waals surface area contributed by atoms with Crippen LogP contribution in [-0.2, 0) is 0 Å². The number of aromatic hydroxyl groups is 1. The van der Waals surface area contributed by atoms with E-state index in [1.807, 2.05) is 30.3 Å². The maximum absolute atomic E-state index is 13.1. The quantitative estimate of drug-likeness (QED) is 0.628. The minimum absolute atomic E-state index is 0.0434. The van der Waals surface area contributed by atoms with Crippen molar-refractivity contribution in [2.24, 2.45) is 4.99 Å². The molecule has 0 fully saturated rings. The smallest absolute Gasteiger partial charge is 0.215 e. The first kappa shape index (κ1) is 15.0. The largest absolute Gasteiger partial charge is 0.493 e. The third-order valence-electron chi connectivity index (χ3n) is 3.74. The van der Waals surface area contributed by atoms with E-state index in [2.05, 4.69) is 4.99 Å². The molecule has 0 saturated carbocycles. The summed E-state index contributed by atoms with van der Waals surface area (Å²) in [6.45, 7) is 0. The number of fused-ring (bicyclic) bond motifs is 1. The molecule has 0 atom stereocenters. The van der Waals surface area contributed by atoms with Gasteiger partial charge < -0.3 is 5.11 Å². The zero-order valence-corrected chi connectivity index (χ0v) is 13.9. The monoisotopic (exact) mass is 354 g/mol. The van der Waals surface area contributed by atoms with E-state index in [-0.39, 0.29) is 11.7 Å². The molecule has 3 aromatic rings. The summed E-state index contributed by atoms with van der Waals surface area (Å²) < 4.78 is 15.1. The second-order valence-corrected chi connectivity index (χ2v) is 6.92. The number of nitrogens with zero attached hydrogens (tertiary/aromatic N) is 2. The second kappa shape index (κ2) is 5.81. The van der Waals surface area contributed by atoms with Crippen LogP contribution in [0.25, 0.3) is 17.3 Å². The Hall–Kier alpha value is -2.57. The van der Waals surface area contributed by atoms with E-state index in [4.69, 9.17) is 12.2 Å². The molecule has 0 bridgehead atoms. The van der Waals surface area contributed by atoms with Gasteiger partial charge >= 0.3 is 0 Å². The Morgan fingerprint density at radius 2 is 1.88 bits per heavy atom. The predicted octanol–water partition coefficient (Wildman–Crippen LogP) is 5.37. The Balaban J connectivity index is 1.81. The Morgan fingerprint density at radius 1 is 1.12 bits per heavy atom. The van der Waals surface area contributed by atoms with E-state index in [0.717, 1.165) is 16.8 Å². The van der Waals surface area contributed by atoms with Gasteiger partial charge in [0.1, 0.15) is 5.82 Å². The fraction of sp³-hybridized carbons (Fsp3) is 0. The molecule has 118 valence electrons. The average molecular weight is 354 g/mol. The molecule has 4 rings (SSSR count). The Bertz CT molecular complexity index is 1050. The third-order valence-corrected chi connectivity index (χ3v) is 5.05. The first-order chi connectivity index (χ1) is 11.6. The summed E-state index contributed by atoms with van der Waals surface area (Å²) in [5, 5.41) is 10.6. The standard InChI is InChI=1S/C18H11FN2OS2/c19-12-5-7-13(8-6-12)21-17(22)16(24-18(21)23)9-11-10-20-15-4-2-1-3-14(11)15/h1-10,22H/b11-9+. The number of halogens is 1. The Kier molecular flexibility index (Phi) is 3.63. The fourth-order valence-corrected chi connectivity index (χ4v) is 3.89. The van der Waals surface area contributed by atoms with Gasteiger partial charge in [-0.1, -0.05) is 18.2 Å². The predicted molar refractivity (Wildman–Crippen MR) is 98.6 cm³/mol. The van der Waals surface area contributed by atoms with Crippen LogP contribution in [0.3, 0.4) is 0 Å². The van der Waals surface area contributed by atoms with Gasteiger partial charge in [-0.15, -0.1) is 11.3 Å². The molecular formula is C18H11FN2OS2. The number of benzene rings is 2. The molecule has 0 saturated heterocycles. The molecule has 24 heavy (non-hydrogen) atoms. The van der Waals surface area contributed by atoms with E-state index in [9.17, 15) is 9.50 Å². The minimum atomic E-state index is -0.332. The first-order valence-corrected chi connectivity index (χ1v) is 8.42. The van der Waals surface area contributed by atoms with Gasteiger partial charge in [0.15, 0.2) is 3.95 Å². The molecule has 0 radical (unpaired) electrons. The fourth-order valence-electron chi connectivity index (χ4n) is 2.59. The number of hydrogen-bond acceptors (Lipinski definition) is 4. The van der Waals surface area contributed by atoms with Gasteiger partial charge in [0.05, 0.1) is 16.3 Å². The van der Waals surface area contributed by atoms with Crippen molar-refractivity contribution < 1.29 is 9.50 Å². The maximum atomic E-state index is 13.1. The van der Waals surface area contributed by atoms with Gasteiger partial charge in [-0.25, -0.2) is 4.39 Å². The zero-order chi connectivity index (χ0) is 16.7. The molecule has 1 aliphatic rings. The van der Waals surface area contributed by atoms with Crippen LogP contribution >= 0.6 is 23.6 Å². The van der Waals surface area contributed by atoms with E-state index < -0.39 is 0 Å². The molecule has 0 unspecified atom stereocenters. The minimum Gasteiger partial charge on any atom is -0.493 e. The average Bonchev–Trinajstić information content (AvgIpc) is 3.11. The van der Waals surface area contributed by atoms with Gasteiger partial charge in [0.25, 0.3) is 0 Å². The van der Waals surface area contributed by atoms with Crippen LogP contribution in [-0.4, -0.2) is 15.9 Å². The lowest BCUT2D eigenvalue weighted by molar-refractivity contribution is 0.441. The maximum Gasteiger partial charge on any atom is 0.215 e. The van der Waals surface area contributed by atoms with Gasteiger partial charge in [-0.2, -0.15) is 0 Å². The highest BCUT2D eigenvalue weighted by Gasteiger charge is 2.16. The number of rotatable bonds is 2. The van der Waals surface area contributed by atoms with Gasteiger partial charge in [0, 0.05) is 17.4 Å².